The molecule has 142 valence electrons. The predicted octanol–water partition coefficient (Wildman–Crippen LogP) is 1.45. The van der Waals surface area contributed by atoms with Crippen molar-refractivity contribution >= 4 is 11.8 Å². The van der Waals surface area contributed by atoms with Crippen LogP contribution < -0.4 is 10.1 Å². The van der Waals surface area contributed by atoms with Gasteiger partial charge in [-0.15, -0.1) is 0 Å². The molecule has 7 heteroatoms. The lowest BCUT2D eigenvalue weighted by Crippen LogP contribution is -2.54. The molecule has 0 saturated carbocycles. The van der Waals surface area contributed by atoms with Gasteiger partial charge in [0.25, 0.3) is 0 Å². The number of hydrogen-bond acceptors (Lipinski definition) is 5. The van der Waals surface area contributed by atoms with Crippen molar-refractivity contribution in [3.63, 3.8) is 0 Å². The van der Waals surface area contributed by atoms with Crippen LogP contribution in [0.3, 0.4) is 0 Å². The molecule has 1 N–H and O–H groups in total. The zero-order chi connectivity index (χ0) is 18.4. The topological polar surface area (TPSA) is 80.8 Å². The monoisotopic (exact) mass is 361 g/mol. The average molecular weight is 361 g/mol. The standard InChI is InChI=1S/C19H27N3O4/c1-14-6-7-15(11-20-14)26-17-8-10-25-13-16(17)21-18(23)12-22-9-4-2-3-5-19(22)24/h6-7,11,16-17H,2-5,8-10,12-13H2,1H3,(H,21,23)/t16-,17+/m0/s1. The molecule has 0 aliphatic carbocycles. The lowest BCUT2D eigenvalue weighted by Gasteiger charge is -2.33. The summed E-state index contributed by atoms with van der Waals surface area (Å²) >= 11 is 0. The minimum absolute atomic E-state index is 0.0658. The maximum atomic E-state index is 12.5. The van der Waals surface area contributed by atoms with Crippen LogP contribution in [0.15, 0.2) is 18.3 Å². The average Bonchev–Trinajstić information content (AvgIpc) is 2.83. The molecule has 2 fully saturated rings. The number of ether oxygens (including phenoxy) is 2. The van der Waals surface area contributed by atoms with Crippen molar-refractivity contribution in [2.75, 3.05) is 26.3 Å². The minimum Gasteiger partial charge on any atom is -0.486 e. The molecule has 0 radical (unpaired) electrons. The van der Waals surface area contributed by atoms with E-state index in [2.05, 4.69) is 10.3 Å². The first kappa shape index (κ1) is 18.6. The van der Waals surface area contributed by atoms with E-state index in [0.29, 0.717) is 38.3 Å². The molecule has 0 aromatic carbocycles. The number of aromatic nitrogens is 1. The minimum atomic E-state index is -0.236. The molecule has 3 heterocycles. The van der Waals surface area contributed by atoms with E-state index in [-0.39, 0.29) is 30.5 Å². The number of nitrogens with one attached hydrogen (secondary N) is 1. The SMILES string of the molecule is Cc1ccc(O[C@@H]2CCOC[C@@H]2NC(=O)CN2CCCCCC2=O)cn1. The number of amides is 2. The second-order valence-electron chi connectivity index (χ2n) is 6.96. The van der Waals surface area contributed by atoms with Gasteiger partial charge in [0.05, 0.1) is 32.0 Å². The van der Waals surface area contributed by atoms with E-state index in [1.807, 2.05) is 19.1 Å². The normalized spacial score (nSPS) is 24.0. The number of rotatable bonds is 5. The second-order valence-corrected chi connectivity index (χ2v) is 6.96. The number of likely N-dealkylation sites (tertiary alicyclic amines) is 1. The molecule has 26 heavy (non-hydrogen) atoms. The third kappa shape index (κ3) is 5.17. The summed E-state index contributed by atoms with van der Waals surface area (Å²) in [5.41, 5.74) is 0.927. The summed E-state index contributed by atoms with van der Waals surface area (Å²) in [4.78, 5) is 30.4. The van der Waals surface area contributed by atoms with E-state index in [4.69, 9.17) is 9.47 Å². The van der Waals surface area contributed by atoms with E-state index in [0.717, 1.165) is 25.0 Å². The number of carbonyl (C=O) groups excluding carboxylic acids is 2. The van der Waals surface area contributed by atoms with Gasteiger partial charge < -0.3 is 19.7 Å². The third-order valence-electron chi connectivity index (χ3n) is 4.82. The summed E-state index contributed by atoms with van der Waals surface area (Å²) in [7, 11) is 0. The molecule has 2 saturated heterocycles. The smallest absolute Gasteiger partial charge is 0.240 e. The maximum Gasteiger partial charge on any atom is 0.240 e. The van der Waals surface area contributed by atoms with Crippen molar-refractivity contribution in [3.8, 4) is 5.75 Å². The fourth-order valence-corrected chi connectivity index (χ4v) is 3.32. The van der Waals surface area contributed by atoms with Crippen LogP contribution in [0.25, 0.3) is 0 Å². The zero-order valence-electron chi connectivity index (χ0n) is 15.3. The molecular weight excluding hydrogens is 334 g/mol. The van der Waals surface area contributed by atoms with Gasteiger partial charge in [-0.05, 0) is 31.9 Å². The fraction of sp³-hybridized carbons (Fsp3) is 0.632. The molecule has 2 aliphatic rings. The fourth-order valence-electron chi connectivity index (χ4n) is 3.32. The van der Waals surface area contributed by atoms with Crippen LogP contribution >= 0.6 is 0 Å². The highest BCUT2D eigenvalue weighted by atomic mass is 16.5. The lowest BCUT2D eigenvalue weighted by molar-refractivity contribution is -0.136. The van der Waals surface area contributed by atoms with Gasteiger partial charge in [-0.3, -0.25) is 14.6 Å². The Bertz CT molecular complexity index is 620. The summed E-state index contributed by atoms with van der Waals surface area (Å²) in [6, 6.07) is 3.54. The van der Waals surface area contributed by atoms with Crippen molar-refractivity contribution in [2.24, 2.45) is 0 Å². The number of aryl methyl sites for hydroxylation is 1. The molecule has 1 aromatic rings. The van der Waals surface area contributed by atoms with Crippen LogP contribution in [0.2, 0.25) is 0 Å². The van der Waals surface area contributed by atoms with E-state index < -0.39 is 0 Å². The molecular formula is C19H27N3O4. The second kappa shape index (κ2) is 8.98. The molecule has 1 aromatic heterocycles. The number of pyridine rings is 1. The predicted molar refractivity (Wildman–Crippen MR) is 95.8 cm³/mol. The molecule has 0 bridgehead atoms. The Kier molecular flexibility index (Phi) is 6.44. The van der Waals surface area contributed by atoms with Crippen LogP contribution in [0, 0.1) is 6.92 Å². The Morgan fingerprint density at radius 2 is 2.27 bits per heavy atom. The first-order valence-corrected chi connectivity index (χ1v) is 9.36. The quantitative estimate of drug-likeness (QED) is 0.858. The van der Waals surface area contributed by atoms with Crippen LogP contribution in [-0.2, 0) is 14.3 Å². The van der Waals surface area contributed by atoms with Gasteiger partial charge in [-0.25, -0.2) is 0 Å². The summed E-state index contributed by atoms with van der Waals surface area (Å²) < 4.78 is 11.5. The highest BCUT2D eigenvalue weighted by molar-refractivity contribution is 5.85. The maximum absolute atomic E-state index is 12.5. The van der Waals surface area contributed by atoms with Gasteiger partial charge >= 0.3 is 0 Å². The molecule has 2 aliphatic heterocycles. The third-order valence-corrected chi connectivity index (χ3v) is 4.82. The van der Waals surface area contributed by atoms with E-state index >= 15 is 0 Å². The Morgan fingerprint density at radius 1 is 1.38 bits per heavy atom. The zero-order valence-corrected chi connectivity index (χ0v) is 15.3. The lowest BCUT2D eigenvalue weighted by atomic mass is 10.1. The molecule has 2 atom stereocenters. The molecule has 2 amide bonds. The molecule has 0 spiro atoms. The highest BCUT2D eigenvalue weighted by Crippen LogP contribution is 2.18. The van der Waals surface area contributed by atoms with Crippen molar-refractivity contribution < 1.29 is 19.1 Å². The van der Waals surface area contributed by atoms with Crippen LogP contribution in [0.4, 0.5) is 0 Å². The Morgan fingerprint density at radius 3 is 3.08 bits per heavy atom. The number of hydrogen-bond donors (Lipinski definition) is 1. The Hall–Kier alpha value is -2.15. The molecule has 0 unspecified atom stereocenters. The van der Waals surface area contributed by atoms with Crippen LogP contribution in [-0.4, -0.2) is 60.1 Å². The van der Waals surface area contributed by atoms with Crippen molar-refractivity contribution in [3.05, 3.63) is 24.0 Å². The Balaban J connectivity index is 1.56. The summed E-state index contributed by atoms with van der Waals surface area (Å²) in [6.45, 7) is 3.69. The van der Waals surface area contributed by atoms with Gasteiger partial charge in [-0.2, -0.15) is 0 Å². The van der Waals surface area contributed by atoms with Crippen LogP contribution in [0.1, 0.15) is 37.8 Å². The van der Waals surface area contributed by atoms with Gasteiger partial charge in [0.2, 0.25) is 11.8 Å². The summed E-state index contributed by atoms with van der Waals surface area (Å²) in [5.74, 6) is 0.590. The number of nitrogens with zero attached hydrogens (tertiary/aromatic N) is 2. The van der Waals surface area contributed by atoms with Crippen molar-refractivity contribution in [2.45, 2.75) is 51.2 Å². The van der Waals surface area contributed by atoms with E-state index in [9.17, 15) is 9.59 Å². The first-order valence-electron chi connectivity index (χ1n) is 9.36. The molecule has 3 rings (SSSR count). The Labute approximate surface area is 154 Å². The molecule has 7 nitrogen and oxygen atoms in total. The van der Waals surface area contributed by atoms with Gasteiger partial charge in [0.1, 0.15) is 11.9 Å². The van der Waals surface area contributed by atoms with Gasteiger partial charge in [0.15, 0.2) is 0 Å². The van der Waals surface area contributed by atoms with E-state index in [1.165, 1.54) is 0 Å². The highest BCUT2D eigenvalue weighted by Gasteiger charge is 2.30. The van der Waals surface area contributed by atoms with Crippen molar-refractivity contribution in [1.29, 1.82) is 0 Å². The first-order chi connectivity index (χ1) is 12.6. The van der Waals surface area contributed by atoms with E-state index in [1.54, 1.807) is 11.1 Å². The van der Waals surface area contributed by atoms with Crippen LogP contribution in [0.5, 0.6) is 5.75 Å². The van der Waals surface area contributed by atoms with Gasteiger partial charge in [-0.1, -0.05) is 6.42 Å². The number of carbonyl (C=O) groups is 2. The van der Waals surface area contributed by atoms with Crippen molar-refractivity contribution in [1.82, 2.24) is 15.2 Å². The largest absolute Gasteiger partial charge is 0.486 e. The summed E-state index contributed by atoms with van der Waals surface area (Å²) in [6.07, 6.45) is 5.66. The summed E-state index contributed by atoms with van der Waals surface area (Å²) in [5, 5.41) is 2.99. The van der Waals surface area contributed by atoms with Gasteiger partial charge in [0, 0.05) is 25.1 Å².